The number of rotatable bonds is 2. The largest absolute Gasteiger partial charge is 0.0836 e. The molecule has 0 aliphatic rings. The summed E-state index contributed by atoms with van der Waals surface area (Å²) in [5, 5.41) is 1.38. The molecule has 2 rings (SSSR count). The smallest absolute Gasteiger partial charge is 0.0499 e. The third-order valence-corrected chi connectivity index (χ3v) is 3.24. The van der Waals surface area contributed by atoms with Crippen molar-refractivity contribution >= 4 is 23.2 Å². The highest BCUT2D eigenvalue weighted by Gasteiger charge is 2.07. The van der Waals surface area contributed by atoms with Crippen LogP contribution in [0, 0.1) is 0 Å². The summed E-state index contributed by atoms with van der Waals surface area (Å²) in [5.74, 6) is 0. The lowest BCUT2D eigenvalue weighted by Crippen LogP contribution is -1.83. The Morgan fingerprint density at radius 2 is 1.44 bits per heavy atom. The molecule has 0 spiro atoms. The Balaban J connectivity index is 2.50. The normalized spacial score (nSPS) is 10.4. The van der Waals surface area contributed by atoms with E-state index < -0.39 is 0 Å². The molecule has 0 bridgehead atoms. The lowest BCUT2D eigenvalue weighted by Gasteiger charge is -2.07. The Kier molecular flexibility index (Phi) is 3.52. The topological polar surface area (TPSA) is 0 Å². The van der Waals surface area contributed by atoms with Gasteiger partial charge >= 0.3 is 0 Å². The Morgan fingerprint density at radius 3 is 1.94 bits per heavy atom. The van der Waals surface area contributed by atoms with Gasteiger partial charge in [0.2, 0.25) is 0 Å². The molecule has 0 amide bonds. The van der Waals surface area contributed by atoms with Crippen LogP contribution in [0.1, 0.15) is 12.5 Å². The first-order valence-electron chi connectivity index (χ1n) is 5.25. The Bertz CT molecular complexity index is 466. The predicted octanol–water partition coefficient (Wildman–Crippen LogP) is 5.22. The third-order valence-electron chi connectivity index (χ3n) is 2.61. The predicted molar refractivity (Wildman–Crippen MR) is 71.3 cm³/mol. The van der Waals surface area contributed by atoms with Crippen molar-refractivity contribution in [3.05, 3.63) is 58.1 Å². The molecule has 0 unspecified atom stereocenters. The van der Waals surface area contributed by atoms with Crippen LogP contribution in [0.25, 0.3) is 11.1 Å². The van der Waals surface area contributed by atoms with Gasteiger partial charge in [-0.1, -0.05) is 60.5 Å². The molecule has 0 nitrogen and oxygen atoms in total. The lowest BCUT2D eigenvalue weighted by atomic mass is 10.0. The van der Waals surface area contributed by atoms with E-state index in [9.17, 15) is 0 Å². The number of halogens is 2. The molecule has 0 saturated heterocycles. The van der Waals surface area contributed by atoms with Crippen molar-refractivity contribution < 1.29 is 0 Å². The van der Waals surface area contributed by atoms with Crippen molar-refractivity contribution in [2.75, 3.05) is 0 Å². The van der Waals surface area contributed by atoms with Crippen LogP contribution >= 0.6 is 23.2 Å². The SMILES string of the molecule is CCc1ccc(-c2c(Cl)cccc2Cl)cc1. The minimum atomic E-state index is 0.691. The summed E-state index contributed by atoms with van der Waals surface area (Å²) in [4.78, 5) is 0. The van der Waals surface area contributed by atoms with Gasteiger partial charge in [-0.25, -0.2) is 0 Å². The molecule has 0 saturated carbocycles. The molecule has 0 fully saturated rings. The first kappa shape index (κ1) is 11.5. The monoisotopic (exact) mass is 250 g/mol. The maximum absolute atomic E-state index is 6.15. The maximum atomic E-state index is 6.15. The van der Waals surface area contributed by atoms with Gasteiger partial charge in [-0.15, -0.1) is 0 Å². The van der Waals surface area contributed by atoms with Crippen LogP contribution < -0.4 is 0 Å². The first-order chi connectivity index (χ1) is 7.72. The van der Waals surface area contributed by atoms with Gasteiger partial charge in [-0.3, -0.25) is 0 Å². The van der Waals surface area contributed by atoms with Crippen LogP contribution in [0.5, 0.6) is 0 Å². The number of hydrogen-bond donors (Lipinski definition) is 0. The van der Waals surface area contributed by atoms with Gasteiger partial charge in [0.25, 0.3) is 0 Å². The summed E-state index contributed by atoms with van der Waals surface area (Å²) in [6.07, 6.45) is 1.04. The number of aryl methyl sites for hydroxylation is 1. The van der Waals surface area contributed by atoms with Crippen LogP contribution in [0.3, 0.4) is 0 Å². The van der Waals surface area contributed by atoms with E-state index in [1.54, 1.807) is 0 Å². The molecular formula is C14H12Cl2. The molecule has 16 heavy (non-hydrogen) atoms. The van der Waals surface area contributed by atoms with Crippen LogP contribution in [0.15, 0.2) is 42.5 Å². The minimum absolute atomic E-state index is 0.691. The third kappa shape index (κ3) is 2.23. The van der Waals surface area contributed by atoms with Crippen LogP contribution in [0.2, 0.25) is 10.0 Å². The highest BCUT2D eigenvalue weighted by Crippen LogP contribution is 2.34. The van der Waals surface area contributed by atoms with E-state index in [-0.39, 0.29) is 0 Å². The summed E-state index contributed by atoms with van der Waals surface area (Å²) < 4.78 is 0. The van der Waals surface area contributed by atoms with Crippen molar-refractivity contribution in [2.24, 2.45) is 0 Å². The van der Waals surface area contributed by atoms with E-state index in [2.05, 4.69) is 31.2 Å². The summed E-state index contributed by atoms with van der Waals surface area (Å²) in [6.45, 7) is 2.14. The van der Waals surface area contributed by atoms with Crippen molar-refractivity contribution in [3.63, 3.8) is 0 Å². The van der Waals surface area contributed by atoms with E-state index in [1.165, 1.54) is 5.56 Å². The van der Waals surface area contributed by atoms with Gasteiger partial charge < -0.3 is 0 Å². The Labute approximate surface area is 106 Å². The molecule has 0 aromatic heterocycles. The minimum Gasteiger partial charge on any atom is -0.0836 e. The van der Waals surface area contributed by atoms with Crippen molar-refractivity contribution in [1.82, 2.24) is 0 Å². The maximum Gasteiger partial charge on any atom is 0.0499 e. The molecule has 2 aromatic carbocycles. The molecule has 0 aliphatic carbocycles. The summed E-state index contributed by atoms with van der Waals surface area (Å²) >= 11 is 12.3. The Hall–Kier alpha value is -0.980. The molecule has 0 N–H and O–H groups in total. The molecule has 0 aliphatic heterocycles. The zero-order valence-corrected chi connectivity index (χ0v) is 10.5. The molecule has 2 aromatic rings. The summed E-state index contributed by atoms with van der Waals surface area (Å²) in [7, 11) is 0. The highest BCUT2D eigenvalue weighted by atomic mass is 35.5. The van der Waals surface area contributed by atoms with E-state index in [4.69, 9.17) is 23.2 Å². The van der Waals surface area contributed by atoms with Gasteiger partial charge in [0.05, 0.1) is 0 Å². The zero-order valence-electron chi connectivity index (χ0n) is 9.00. The number of hydrogen-bond acceptors (Lipinski definition) is 0. The van der Waals surface area contributed by atoms with Crippen molar-refractivity contribution in [3.8, 4) is 11.1 Å². The van der Waals surface area contributed by atoms with E-state index in [0.29, 0.717) is 10.0 Å². The van der Waals surface area contributed by atoms with E-state index in [1.807, 2.05) is 18.2 Å². The second kappa shape index (κ2) is 4.90. The van der Waals surface area contributed by atoms with Gasteiger partial charge in [0.15, 0.2) is 0 Å². The fourth-order valence-electron chi connectivity index (χ4n) is 1.68. The van der Waals surface area contributed by atoms with Gasteiger partial charge in [0.1, 0.15) is 0 Å². The lowest BCUT2D eigenvalue weighted by molar-refractivity contribution is 1.14. The van der Waals surface area contributed by atoms with Crippen LogP contribution in [-0.2, 0) is 6.42 Å². The first-order valence-corrected chi connectivity index (χ1v) is 6.01. The van der Waals surface area contributed by atoms with Crippen LogP contribution in [0.4, 0.5) is 0 Å². The molecule has 0 radical (unpaired) electrons. The summed E-state index contributed by atoms with van der Waals surface area (Å²) in [5.41, 5.74) is 3.29. The average molecular weight is 251 g/mol. The van der Waals surface area contributed by atoms with E-state index in [0.717, 1.165) is 17.5 Å². The van der Waals surface area contributed by atoms with Gasteiger partial charge in [-0.2, -0.15) is 0 Å². The molecule has 0 heterocycles. The van der Waals surface area contributed by atoms with Gasteiger partial charge in [-0.05, 0) is 29.7 Å². The second-order valence-corrected chi connectivity index (χ2v) is 4.46. The van der Waals surface area contributed by atoms with E-state index >= 15 is 0 Å². The Morgan fingerprint density at radius 1 is 0.875 bits per heavy atom. The molecular weight excluding hydrogens is 239 g/mol. The average Bonchev–Trinajstić information content (AvgIpc) is 2.30. The summed E-state index contributed by atoms with van der Waals surface area (Å²) in [6, 6.07) is 13.9. The quantitative estimate of drug-likeness (QED) is 0.686. The fraction of sp³-hybridized carbons (Fsp3) is 0.143. The standard InChI is InChI=1S/C14H12Cl2/c1-2-10-6-8-11(9-7-10)14-12(15)4-3-5-13(14)16/h3-9H,2H2,1H3. The van der Waals surface area contributed by atoms with Crippen molar-refractivity contribution in [1.29, 1.82) is 0 Å². The molecule has 82 valence electrons. The molecule has 2 heteroatoms. The molecule has 0 atom stereocenters. The zero-order chi connectivity index (χ0) is 11.5. The van der Waals surface area contributed by atoms with Crippen LogP contribution in [-0.4, -0.2) is 0 Å². The second-order valence-electron chi connectivity index (χ2n) is 3.65. The van der Waals surface area contributed by atoms with Crippen molar-refractivity contribution in [2.45, 2.75) is 13.3 Å². The number of benzene rings is 2. The highest BCUT2D eigenvalue weighted by molar-refractivity contribution is 6.39. The fourth-order valence-corrected chi connectivity index (χ4v) is 2.30. The van der Waals surface area contributed by atoms with Gasteiger partial charge in [0, 0.05) is 15.6 Å².